The van der Waals surface area contributed by atoms with E-state index in [1.807, 2.05) is 36.1 Å². The number of anilines is 1. The molecule has 4 nitrogen and oxygen atoms in total. The van der Waals surface area contributed by atoms with Crippen molar-refractivity contribution in [1.82, 2.24) is 4.90 Å². The number of nitrogens with two attached hydrogens (primary N) is 1. The fraction of sp³-hybridized carbons (Fsp3) is 0.500. The quantitative estimate of drug-likeness (QED) is 0.729. The van der Waals surface area contributed by atoms with Crippen molar-refractivity contribution >= 4 is 11.7 Å². The van der Waals surface area contributed by atoms with E-state index in [0.717, 1.165) is 24.2 Å². The molecule has 0 radical (unpaired) electrons. The van der Waals surface area contributed by atoms with Crippen LogP contribution in [0.2, 0.25) is 0 Å². The van der Waals surface area contributed by atoms with Crippen molar-refractivity contribution in [3.8, 4) is 0 Å². The number of nitrogens with zero attached hydrogens (tertiary/aromatic N) is 1. The van der Waals surface area contributed by atoms with Gasteiger partial charge in [-0.3, -0.25) is 9.69 Å². The number of hydrogen-bond acceptors (Lipinski definition) is 3. The Kier molecular flexibility index (Phi) is 5.65. The summed E-state index contributed by atoms with van der Waals surface area (Å²) >= 11 is 0. The molecule has 1 rings (SSSR count). The zero-order valence-corrected chi connectivity index (χ0v) is 11.1. The summed E-state index contributed by atoms with van der Waals surface area (Å²) in [5.41, 5.74) is 7.47. The van der Waals surface area contributed by atoms with Crippen molar-refractivity contribution in [3.63, 3.8) is 0 Å². The summed E-state index contributed by atoms with van der Waals surface area (Å²) in [5, 5.41) is 9.23. The number of carboxylic acids is 1. The highest BCUT2D eigenvalue weighted by atomic mass is 16.4. The monoisotopic (exact) mass is 250 g/mol. The van der Waals surface area contributed by atoms with Gasteiger partial charge in [-0.05, 0) is 37.1 Å². The molecule has 0 amide bonds. The SMILES string of the molecule is CCCN(Cc1ccc(N)cc1)C(CC)C(=O)O. The van der Waals surface area contributed by atoms with Gasteiger partial charge in [0, 0.05) is 12.2 Å². The molecule has 18 heavy (non-hydrogen) atoms. The highest BCUT2D eigenvalue weighted by Crippen LogP contribution is 2.13. The molecular weight excluding hydrogens is 228 g/mol. The average molecular weight is 250 g/mol. The molecule has 0 spiro atoms. The molecule has 1 aromatic carbocycles. The van der Waals surface area contributed by atoms with Gasteiger partial charge in [0.15, 0.2) is 0 Å². The Bertz CT molecular complexity index is 376. The Hall–Kier alpha value is -1.55. The lowest BCUT2D eigenvalue weighted by molar-refractivity contribution is -0.143. The minimum Gasteiger partial charge on any atom is -0.480 e. The van der Waals surface area contributed by atoms with E-state index < -0.39 is 12.0 Å². The number of hydrogen-bond donors (Lipinski definition) is 2. The lowest BCUT2D eigenvalue weighted by atomic mass is 10.1. The molecule has 100 valence electrons. The van der Waals surface area contributed by atoms with Gasteiger partial charge in [-0.25, -0.2) is 0 Å². The third kappa shape index (κ3) is 4.04. The van der Waals surface area contributed by atoms with E-state index in [-0.39, 0.29) is 0 Å². The predicted molar refractivity (Wildman–Crippen MR) is 73.3 cm³/mol. The number of nitrogen functional groups attached to an aromatic ring is 1. The van der Waals surface area contributed by atoms with Crippen LogP contribution in [0.1, 0.15) is 32.3 Å². The molecule has 0 fully saturated rings. The summed E-state index contributed by atoms with van der Waals surface area (Å²) in [4.78, 5) is 13.2. The summed E-state index contributed by atoms with van der Waals surface area (Å²) in [6, 6.07) is 7.18. The van der Waals surface area contributed by atoms with E-state index in [1.165, 1.54) is 0 Å². The van der Waals surface area contributed by atoms with Crippen molar-refractivity contribution < 1.29 is 9.90 Å². The molecule has 0 aliphatic carbocycles. The zero-order valence-electron chi connectivity index (χ0n) is 11.1. The summed E-state index contributed by atoms with van der Waals surface area (Å²) in [6.07, 6.45) is 1.56. The lowest BCUT2D eigenvalue weighted by Crippen LogP contribution is -2.40. The van der Waals surface area contributed by atoms with Crippen molar-refractivity contribution in [1.29, 1.82) is 0 Å². The fourth-order valence-electron chi connectivity index (χ4n) is 2.08. The first kappa shape index (κ1) is 14.5. The van der Waals surface area contributed by atoms with Crippen molar-refractivity contribution in [2.24, 2.45) is 0 Å². The van der Waals surface area contributed by atoms with Gasteiger partial charge in [0.1, 0.15) is 6.04 Å². The Morgan fingerprint density at radius 2 is 1.94 bits per heavy atom. The first-order valence-corrected chi connectivity index (χ1v) is 6.39. The minimum atomic E-state index is -0.749. The second-order valence-corrected chi connectivity index (χ2v) is 4.47. The number of aliphatic carboxylic acids is 1. The van der Waals surface area contributed by atoms with E-state index in [1.54, 1.807) is 0 Å². The van der Waals surface area contributed by atoms with E-state index >= 15 is 0 Å². The molecular formula is C14H22N2O2. The van der Waals surface area contributed by atoms with Crippen LogP contribution in [0.3, 0.4) is 0 Å². The Balaban J connectivity index is 2.78. The highest BCUT2D eigenvalue weighted by Gasteiger charge is 2.22. The average Bonchev–Trinajstić information content (AvgIpc) is 2.32. The lowest BCUT2D eigenvalue weighted by Gasteiger charge is -2.27. The normalized spacial score (nSPS) is 12.6. The van der Waals surface area contributed by atoms with Gasteiger partial charge >= 0.3 is 5.97 Å². The van der Waals surface area contributed by atoms with E-state index in [9.17, 15) is 9.90 Å². The summed E-state index contributed by atoms with van der Waals surface area (Å²) < 4.78 is 0. The zero-order chi connectivity index (χ0) is 13.5. The molecule has 0 heterocycles. The largest absolute Gasteiger partial charge is 0.480 e. The van der Waals surface area contributed by atoms with Gasteiger partial charge in [-0.15, -0.1) is 0 Å². The summed E-state index contributed by atoms with van der Waals surface area (Å²) in [7, 11) is 0. The van der Waals surface area contributed by atoms with Crippen LogP contribution in [0, 0.1) is 0 Å². The van der Waals surface area contributed by atoms with Crippen molar-refractivity contribution in [2.75, 3.05) is 12.3 Å². The van der Waals surface area contributed by atoms with Gasteiger partial charge in [-0.2, -0.15) is 0 Å². The first-order chi connectivity index (χ1) is 8.58. The van der Waals surface area contributed by atoms with Gasteiger partial charge in [0.2, 0.25) is 0 Å². The standard InChI is InChI=1S/C14H22N2O2/c1-3-9-16(13(4-2)14(17)18)10-11-5-7-12(15)8-6-11/h5-8,13H,3-4,9-10,15H2,1-2H3,(H,17,18). The van der Waals surface area contributed by atoms with Crippen LogP contribution in [0.4, 0.5) is 5.69 Å². The summed E-state index contributed by atoms with van der Waals surface area (Å²) in [5.74, 6) is -0.749. The van der Waals surface area contributed by atoms with Crippen LogP contribution in [-0.2, 0) is 11.3 Å². The Labute approximate surface area is 108 Å². The minimum absolute atomic E-state index is 0.414. The Morgan fingerprint density at radius 1 is 1.33 bits per heavy atom. The van der Waals surface area contributed by atoms with Gasteiger partial charge < -0.3 is 10.8 Å². The van der Waals surface area contributed by atoms with Gasteiger partial charge in [-0.1, -0.05) is 26.0 Å². The van der Waals surface area contributed by atoms with Crippen LogP contribution < -0.4 is 5.73 Å². The topological polar surface area (TPSA) is 66.6 Å². The number of benzene rings is 1. The molecule has 0 aliphatic heterocycles. The molecule has 3 N–H and O–H groups in total. The highest BCUT2D eigenvalue weighted by molar-refractivity contribution is 5.73. The van der Waals surface area contributed by atoms with Crippen LogP contribution in [-0.4, -0.2) is 28.6 Å². The first-order valence-electron chi connectivity index (χ1n) is 6.39. The third-order valence-corrected chi connectivity index (χ3v) is 2.99. The molecule has 1 atom stereocenters. The molecule has 0 saturated carbocycles. The van der Waals surface area contributed by atoms with E-state index in [0.29, 0.717) is 13.0 Å². The van der Waals surface area contributed by atoms with Crippen LogP contribution in [0.5, 0.6) is 0 Å². The van der Waals surface area contributed by atoms with Gasteiger partial charge in [0.05, 0.1) is 0 Å². The number of carbonyl (C=O) groups is 1. The van der Waals surface area contributed by atoms with Crippen LogP contribution >= 0.6 is 0 Å². The van der Waals surface area contributed by atoms with Crippen molar-refractivity contribution in [3.05, 3.63) is 29.8 Å². The number of rotatable bonds is 7. The van der Waals surface area contributed by atoms with E-state index in [4.69, 9.17) is 5.73 Å². The molecule has 1 aromatic rings. The fourth-order valence-corrected chi connectivity index (χ4v) is 2.08. The molecule has 0 saturated heterocycles. The van der Waals surface area contributed by atoms with Crippen molar-refractivity contribution in [2.45, 2.75) is 39.3 Å². The second kappa shape index (κ2) is 7.01. The number of carboxylic acid groups (broad SMARTS) is 1. The maximum Gasteiger partial charge on any atom is 0.320 e. The predicted octanol–water partition coefficient (Wildman–Crippen LogP) is 2.34. The maximum absolute atomic E-state index is 11.2. The smallest absolute Gasteiger partial charge is 0.320 e. The molecule has 4 heteroatoms. The Morgan fingerprint density at radius 3 is 2.39 bits per heavy atom. The van der Waals surface area contributed by atoms with E-state index in [2.05, 4.69) is 6.92 Å². The van der Waals surface area contributed by atoms with Gasteiger partial charge in [0.25, 0.3) is 0 Å². The third-order valence-electron chi connectivity index (χ3n) is 2.99. The molecule has 1 unspecified atom stereocenters. The molecule has 0 aliphatic rings. The summed E-state index contributed by atoms with van der Waals surface area (Å²) in [6.45, 7) is 5.41. The van der Waals surface area contributed by atoms with Crippen LogP contribution in [0.25, 0.3) is 0 Å². The molecule has 0 aromatic heterocycles. The van der Waals surface area contributed by atoms with Crippen LogP contribution in [0.15, 0.2) is 24.3 Å². The maximum atomic E-state index is 11.2. The molecule has 0 bridgehead atoms. The second-order valence-electron chi connectivity index (χ2n) is 4.47.